The lowest BCUT2D eigenvalue weighted by atomic mass is 9.95. The van der Waals surface area contributed by atoms with Crippen molar-refractivity contribution >= 4 is 17.9 Å². The second-order valence-corrected chi connectivity index (χ2v) is 12.0. The Morgan fingerprint density at radius 3 is 2.27 bits per heavy atom. The van der Waals surface area contributed by atoms with Crippen molar-refractivity contribution in [3.8, 4) is 5.75 Å². The molecule has 0 radical (unpaired) electrons. The van der Waals surface area contributed by atoms with E-state index in [4.69, 9.17) is 4.74 Å². The highest BCUT2D eigenvalue weighted by atomic mass is 16.6. The molecule has 2 aromatic carbocycles. The molecule has 40 heavy (non-hydrogen) atoms. The van der Waals surface area contributed by atoms with Crippen LogP contribution in [-0.2, 0) is 20.7 Å². The van der Waals surface area contributed by atoms with E-state index in [1.165, 1.54) is 0 Å². The molecule has 8 nitrogen and oxygen atoms in total. The van der Waals surface area contributed by atoms with Gasteiger partial charge in [-0.05, 0) is 89.6 Å². The topological polar surface area (TPSA) is 108 Å². The lowest BCUT2D eigenvalue weighted by molar-refractivity contribution is -0.143. The standard InChI is InChI=1S/C32H45N3O5/c1-8-9-22(4)33-29(37)28(26-18-20(2)10-11-21(26)3)35(24-14-15-24)30(38)27(34-31(39)40-32(5,6)7)19-23-12-16-25(36)17-13-23/h10-13,16-18,22,24,27-28,36H,8-9,14-15,19H2,1-7H3,(H,33,37)(H,34,39). The van der Waals surface area contributed by atoms with E-state index in [0.29, 0.717) is 0 Å². The van der Waals surface area contributed by atoms with Crippen LogP contribution in [0.5, 0.6) is 5.75 Å². The monoisotopic (exact) mass is 551 g/mol. The second-order valence-electron chi connectivity index (χ2n) is 12.0. The van der Waals surface area contributed by atoms with Gasteiger partial charge in [0, 0.05) is 18.5 Å². The van der Waals surface area contributed by atoms with Crippen molar-refractivity contribution < 1.29 is 24.2 Å². The van der Waals surface area contributed by atoms with Crippen molar-refractivity contribution in [1.29, 1.82) is 0 Å². The van der Waals surface area contributed by atoms with E-state index >= 15 is 0 Å². The van der Waals surface area contributed by atoms with Gasteiger partial charge in [-0.1, -0.05) is 49.2 Å². The Kier molecular flexibility index (Phi) is 10.2. The molecule has 0 heterocycles. The Morgan fingerprint density at radius 1 is 1.05 bits per heavy atom. The van der Waals surface area contributed by atoms with Crippen LogP contribution in [0.25, 0.3) is 0 Å². The number of rotatable bonds is 11. The Bertz CT molecular complexity index is 1180. The van der Waals surface area contributed by atoms with Crippen molar-refractivity contribution in [3.05, 3.63) is 64.7 Å². The number of aromatic hydroxyl groups is 1. The summed E-state index contributed by atoms with van der Waals surface area (Å²) in [5.74, 6) is -0.458. The summed E-state index contributed by atoms with van der Waals surface area (Å²) in [6.45, 7) is 13.3. The number of carbonyl (C=O) groups is 3. The van der Waals surface area contributed by atoms with Gasteiger partial charge in [0.15, 0.2) is 0 Å². The lowest BCUT2D eigenvalue weighted by Crippen LogP contribution is -2.55. The van der Waals surface area contributed by atoms with Crippen LogP contribution in [-0.4, -0.2) is 51.6 Å². The van der Waals surface area contributed by atoms with Crippen LogP contribution in [0, 0.1) is 13.8 Å². The molecule has 3 N–H and O–H groups in total. The average molecular weight is 552 g/mol. The number of nitrogens with zero attached hydrogens (tertiary/aromatic N) is 1. The molecule has 218 valence electrons. The molecular weight excluding hydrogens is 506 g/mol. The summed E-state index contributed by atoms with van der Waals surface area (Å²) in [4.78, 5) is 43.0. The summed E-state index contributed by atoms with van der Waals surface area (Å²) in [7, 11) is 0. The van der Waals surface area contributed by atoms with Gasteiger partial charge in [-0.15, -0.1) is 0 Å². The number of nitrogens with one attached hydrogen (secondary N) is 2. The average Bonchev–Trinajstić information content (AvgIpc) is 3.69. The number of amides is 3. The Labute approximate surface area is 238 Å². The van der Waals surface area contributed by atoms with Gasteiger partial charge in [-0.3, -0.25) is 9.59 Å². The van der Waals surface area contributed by atoms with E-state index in [0.717, 1.165) is 47.9 Å². The highest BCUT2D eigenvalue weighted by molar-refractivity contribution is 5.93. The number of hydrogen-bond acceptors (Lipinski definition) is 5. The van der Waals surface area contributed by atoms with Gasteiger partial charge in [0.05, 0.1) is 0 Å². The Hall–Kier alpha value is -3.55. The maximum Gasteiger partial charge on any atom is 0.408 e. The first-order chi connectivity index (χ1) is 18.8. The van der Waals surface area contributed by atoms with Crippen molar-refractivity contribution in [2.24, 2.45) is 0 Å². The molecule has 2 aromatic rings. The van der Waals surface area contributed by atoms with E-state index in [1.807, 2.05) is 39.0 Å². The maximum absolute atomic E-state index is 14.5. The molecule has 0 bridgehead atoms. The van der Waals surface area contributed by atoms with Gasteiger partial charge in [0.25, 0.3) is 0 Å². The van der Waals surface area contributed by atoms with Gasteiger partial charge in [0.1, 0.15) is 23.4 Å². The summed E-state index contributed by atoms with van der Waals surface area (Å²) in [6.07, 6.45) is 2.79. The molecule has 0 aliphatic heterocycles. The normalized spacial score (nSPS) is 15.5. The van der Waals surface area contributed by atoms with Crippen LogP contribution >= 0.6 is 0 Å². The highest BCUT2D eigenvalue weighted by Crippen LogP contribution is 2.37. The minimum atomic E-state index is -0.978. The molecule has 3 amide bonds. The van der Waals surface area contributed by atoms with Crippen molar-refractivity contribution in [2.45, 2.75) is 110 Å². The number of phenols is 1. The van der Waals surface area contributed by atoms with Gasteiger partial charge >= 0.3 is 6.09 Å². The summed E-state index contributed by atoms with van der Waals surface area (Å²) in [6, 6.07) is 10.5. The number of aryl methyl sites for hydroxylation is 2. The first kappa shape index (κ1) is 31.0. The number of phenolic OH excluding ortho intramolecular Hbond substituents is 1. The second kappa shape index (κ2) is 13.2. The Morgan fingerprint density at radius 2 is 1.70 bits per heavy atom. The van der Waals surface area contributed by atoms with Gasteiger partial charge in [0.2, 0.25) is 11.8 Å². The number of hydrogen-bond donors (Lipinski definition) is 3. The minimum Gasteiger partial charge on any atom is -0.508 e. The van der Waals surface area contributed by atoms with Crippen LogP contribution in [0.15, 0.2) is 42.5 Å². The van der Waals surface area contributed by atoms with E-state index < -0.39 is 23.8 Å². The number of ether oxygens (including phenoxy) is 1. The zero-order valence-corrected chi connectivity index (χ0v) is 24.9. The van der Waals surface area contributed by atoms with E-state index in [-0.39, 0.29) is 36.1 Å². The van der Waals surface area contributed by atoms with Crippen molar-refractivity contribution in [3.63, 3.8) is 0 Å². The first-order valence-electron chi connectivity index (χ1n) is 14.3. The number of benzene rings is 2. The zero-order valence-electron chi connectivity index (χ0n) is 24.9. The largest absolute Gasteiger partial charge is 0.508 e. The van der Waals surface area contributed by atoms with Crippen LogP contribution in [0.2, 0.25) is 0 Å². The van der Waals surface area contributed by atoms with Crippen LogP contribution in [0.4, 0.5) is 4.79 Å². The van der Waals surface area contributed by atoms with E-state index in [9.17, 15) is 19.5 Å². The molecular formula is C32H45N3O5. The smallest absolute Gasteiger partial charge is 0.408 e. The van der Waals surface area contributed by atoms with Crippen LogP contribution < -0.4 is 10.6 Å². The third-order valence-electron chi connectivity index (χ3n) is 6.93. The molecule has 0 aromatic heterocycles. The summed E-state index contributed by atoms with van der Waals surface area (Å²) in [5.41, 5.74) is 2.70. The quantitative estimate of drug-likeness (QED) is 0.343. The molecule has 3 rings (SSSR count). The minimum absolute atomic E-state index is 0.0473. The van der Waals surface area contributed by atoms with E-state index in [1.54, 1.807) is 49.9 Å². The molecule has 1 aliphatic rings. The Balaban J connectivity index is 2.04. The van der Waals surface area contributed by atoms with Crippen LogP contribution in [0.3, 0.4) is 0 Å². The predicted molar refractivity (Wildman–Crippen MR) is 156 cm³/mol. The molecule has 0 saturated heterocycles. The third-order valence-corrected chi connectivity index (χ3v) is 6.93. The zero-order chi connectivity index (χ0) is 29.6. The molecule has 8 heteroatoms. The van der Waals surface area contributed by atoms with Crippen molar-refractivity contribution in [2.75, 3.05) is 0 Å². The van der Waals surface area contributed by atoms with Crippen LogP contribution in [0.1, 0.15) is 88.6 Å². The molecule has 1 fully saturated rings. The molecule has 0 spiro atoms. The number of carbonyl (C=O) groups excluding carboxylic acids is 3. The molecule has 3 unspecified atom stereocenters. The fourth-order valence-corrected chi connectivity index (χ4v) is 4.87. The molecule has 3 atom stereocenters. The van der Waals surface area contributed by atoms with Gasteiger partial charge in [-0.25, -0.2) is 4.79 Å². The first-order valence-corrected chi connectivity index (χ1v) is 14.3. The summed E-state index contributed by atoms with van der Waals surface area (Å²) >= 11 is 0. The van der Waals surface area contributed by atoms with E-state index in [2.05, 4.69) is 17.6 Å². The summed E-state index contributed by atoms with van der Waals surface area (Å²) < 4.78 is 5.50. The summed E-state index contributed by atoms with van der Waals surface area (Å²) in [5, 5.41) is 15.7. The highest BCUT2D eigenvalue weighted by Gasteiger charge is 2.44. The van der Waals surface area contributed by atoms with Gasteiger partial charge in [-0.2, -0.15) is 0 Å². The number of alkyl carbamates (subject to hydrolysis) is 1. The fourth-order valence-electron chi connectivity index (χ4n) is 4.87. The fraction of sp³-hybridized carbons (Fsp3) is 0.531. The lowest BCUT2D eigenvalue weighted by Gasteiger charge is -2.36. The SMILES string of the molecule is CCCC(C)NC(=O)C(c1cc(C)ccc1C)N(C(=O)C(Cc1ccc(O)cc1)NC(=O)OC(C)(C)C)C1CC1. The van der Waals surface area contributed by atoms with Gasteiger partial charge < -0.3 is 25.4 Å². The predicted octanol–water partition coefficient (Wildman–Crippen LogP) is 5.48. The third kappa shape index (κ3) is 8.73. The van der Waals surface area contributed by atoms with Crippen molar-refractivity contribution in [1.82, 2.24) is 15.5 Å². The molecule has 1 aliphatic carbocycles. The molecule has 1 saturated carbocycles. The maximum atomic E-state index is 14.5.